The van der Waals surface area contributed by atoms with E-state index >= 15 is 0 Å². The number of thiazole rings is 1. The van der Waals surface area contributed by atoms with Crippen LogP contribution in [0.25, 0.3) is 32.0 Å². The molecule has 0 saturated carbocycles. The highest BCUT2D eigenvalue weighted by atomic mass is 79.9. The maximum Gasteiger partial charge on any atom is 0.280 e. The topological polar surface area (TPSA) is 75.8 Å². The second kappa shape index (κ2) is 9.14. The first-order chi connectivity index (χ1) is 17.6. The van der Waals surface area contributed by atoms with E-state index in [-0.39, 0.29) is 16.9 Å². The van der Waals surface area contributed by atoms with Crippen molar-refractivity contribution >= 4 is 76.5 Å². The Kier molecular flexibility index (Phi) is 5.67. The third kappa shape index (κ3) is 4.10. The molecule has 0 aliphatic carbocycles. The van der Waals surface area contributed by atoms with Gasteiger partial charge in [-0.3, -0.25) is 9.59 Å². The third-order valence-electron chi connectivity index (χ3n) is 5.73. The monoisotopic (exact) mass is 553 g/mol. The van der Waals surface area contributed by atoms with Gasteiger partial charge in [-0.1, -0.05) is 69.7 Å². The van der Waals surface area contributed by atoms with Gasteiger partial charge in [-0.2, -0.15) is 10.1 Å². The van der Waals surface area contributed by atoms with Crippen LogP contribution in [0.1, 0.15) is 15.9 Å². The number of hydrazone groups is 1. The quantitative estimate of drug-likeness (QED) is 0.174. The van der Waals surface area contributed by atoms with Crippen LogP contribution < -0.4 is 10.4 Å². The number of carbonyl (C=O) groups is 1. The second-order valence-electron chi connectivity index (χ2n) is 8.05. The van der Waals surface area contributed by atoms with Gasteiger partial charge in [0.05, 0.1) is 27.4 Å². The summed E-state index contributed by atoms with van der Waals surface area (Å²) in [5, 5.41) is 8.48. The van der Waals surface area contributed by atoms with Crippen LogP contribution in [0, 0.1) is 0 Å². The molecule has 0 aliphatic heterocycles. The van der Waals surface area contributed by atoms with Crippen LogP contribution in [0.2, 0.25) is 0 Å². The Bertz CT molecular complexity index is 1880. The zero-order valence-corrected chi connectivity index (χ0v) is 21.0. The minimum Gasteiger partial charge on any atom is -0.463 e. The Morgan fingerprint density at radius 2 is 1.78 bits per heavy atom. The average Bonchev–Trinajstić information content (AvgIpc) is 3.32. The molecule has 36 heavy (non-hydrogen) atoms. The Morgan fingerprint density at radius 3 is 2.67 bits per heavy atom. The molecule has 174 valence electrons. The molecule has 0 unspecified atom stereocenters. The van der Waals surface area contributed by atoms with Crippen molar-refractivity contribution in [1.29, 1.82) is 0 Å². The van der Waals surface area contributed by atoms with Gasteiger partial charge in [-0.25, -0.2) is 4.98 Å². The first-order valence-electron chi connectivity index (χ1n) is 11.0. The molecule has 2 heterocycles. The average molecular weight is 554 g/mol. The summed E-state index contributed by atoms with van der Waals surface area (Å²) in [5.41, 5.74) is 1.69. The van der Waals surface area contributed by atoms with Gasteiger partial charge in [0.25, 0.3) is 5.91 Å². The van der Waals surface area contributed by atoms with Gasteiger partial charge in [-0.15, -0.1) is 0 Å². The zero-order valence-electron chi connectivity index (χ0n) is 18.6. The standard InChI is InChI=1S/C28H16BrN3O3S/c29-21-11-12-23-25(14-21)36-28(31-23)32(27(34)19-10-9-17-5-1-2-6-18(17)13-19)30-15-20-16-35-24-8-4-3-7-22(24)26(20)33/h1-16H/b30-15+. The van der Waals surface area contributed by atoms with Crippen molar-refractivity contribution < 1.29 is 9.21 Å². The summed E-state index contributed by atoms with van der Waals surface area (Å²) in [6.07, 6.45) is 2.70. The van der Waals surface area contributed by atoms with E-state index in [9.17, 15) is 9.59 Å². The van der Waals surface area contributed by atoms with Crippen LogP contribution in [-0.4, -0.2) is 17.1 Å². The van der Waals surface area contributed by atoms with Crippen LogP contribution in [0.4, 0.5) is 5.13 Å². The first kappa shape index (κ1) is 22.3. The molecule has 6 nitrogen and oxygen atoms in total. The highest BCUT2D eigenvalue weighted by molar-refractivity contribution is 9.10. The molecule has 0 saturated heterocycles. The number of carbonyl (C=O) groups excluding carboxylic acids is 1. The van der Waals surface area contributed by atoms with Gasteiger partial charge in [0.2, 0.25) is 10.6 Å². The number of anilines is 1. The number of aromatic nitrogens is 1. The number of benzene rings is 4. The van der Waals surface area contributed by atoms with E-state index in [0.717, 1.165) is 25.5 Å². The van der Waals surface area contributed by atoms with Gasteiger partial charge in [0.1, 0.15) is 11.8 Å². The summed E-state index contributed by atoms with van der Waals surface area (Å²) in [4.78, 5) is 31.3. The zero-order chi connectivity index (χ0) is 24.6. The maximum absolute atomic E-state index is 13.7. The van der Waals surface area contributed by atoms with Crippen LogP contribution >= 0.6 is 27.3 Å². The van der Waals surface area contributed by atoms with Gasteiger partial charge < -0.3 is 4.42 Å². The minimum absolute atomic E-state index is 0.230. The van der Waals surface area contributed by atoms with Crippen LogP contribution in [0.15, 0.2) is 110 Å². The highest BCUT2D eigenvalue weighted by Crippen LogP contribution is 2.32. The van der Waals surface area contributed by atoms with E-state index in [2.05, 4.69) is 26.0 Å². The molecule has 0 bridgehead atoms. The molecule has 0 spiro atoms. The van der Waals surface area contributed by atoms with Crippen molar-refractivity contribution in [3.8, 4) is 0 Å². The van der Waals surface area contributed by atoms with Crippen molar-refractivity contribution in [2.75, 3.05) is 5.01 Å². The highest BCUT2D eigenvalue weighted by Gasteiger charge is 2.22. The largest absolute Gasteiger partial charge is 0.463 e. The summed E-state index contributed by atoms with van der Waals surface area (Å²) in [5.74, 6) is -0.361. The lowest BCUT2D eigenvalue weighted by Crippen LogP contribution is -2.26. The van der Waals surface area contributed by atoms with E-state index < -0.39 is 0 Å². The third-order valence-corrected chi connectivity index (χ3v) is 7.22. The summed E-state index contributed by atoms with van der Waals surface area (Å²) in [6.45, 7) is 0. The molecule has 1 amide bonds. The van der Waals surface area contributed by atoms with Crippen molar-refractivity contribution in [3.05, 3.63) is 117 Å². The lowest BCUT2D eigenvalue weighted by atomic mass is 10.1. The van der Waals surface area contributed by atoms with Crippen molar-refractivity contribution in [1.82, 2.24) is 4.98 Å². The molecule has 0 atom stereocenters. The number of amides is 1. The molecule has 0 N–H and O–H groups in total. The molecular formula is C28H16BrN3O3S. The fraction of sp³-hybridized carbons (Fsp3) is 0. The Morgan fingerprint density at radius 1 is 0.972 bits per heavy atom. The van der Waals surface area contributed by atoms with Gasteiger partial charge >= 0.3 is 0 Å². The molecular weight excluding hydrogens is 538 g/mol. The van der Waals surface area contributed by atoms with Crippen molar-refractivity contribution in [3.63, 3.8) is 0 Å². The maximum atomic E-state index is 13.7. The fourth-order valence-electron chi connectivity index (χ4n) is 3.91. The predicted octanol–water partition coefficient (Wildman–Crippen LogP) is 7.00. The van der Waals surface area contributed by atoms with Gasteiger partial charge in [0, 0.05) is 10.0 Å². The van der Waals surface area contributed by atoms with Gasteiger partial charge in [0.15, 0.2) is 0 Å². The van der Waals surface area contributed by atoms with E-state index in [0.29, 0.717) is 21.7 Å². The summed E-state index contributed by atoms with van der Waals surface area (Å²) in [7, 11) is 0. The molecule has 6 rings (SSSR count). The SMILES string of the molecule is O=C(c1ccc2ccccc2c1)N(/N=C/c1coc2ccccc2c1=O)c1nc2ccc(Br)cc2s1. The fourth-order valence-corrected chi connectivity index (χ4v) is 5.39. The Labute approximate surface area is 217 Å². The number of fused-ring (bicyclic) bond motifs is 3. The Hall–Kier alpha value is -4.14. The predicted molar refractivity (Wildman–Crippen MR) is 148 cm³/mol. The number of hydrogen-bond acceptors (Lipinski definition) is 6. The van der Waals surface area contributed by atoms with E-state index in [1.54, 1.807) is 30.3 Å². The van der Waals surface area contributed by atoms with Gasteiger partial charge in [-0.05, 0) is 53.2 Å². The van der Waals surface area contributed by atoms with Crippen LogP contribution in [-0.2, 0) is 0 Å². The lowest BCUT2D eigenvalue weighted by molar-refractivity contribution is 0.0988. The smallest absolute Gasteiger partial charge is 0.280 e. The molecule has 6 aromatic rings. The summed E-state index contributed by atoms with van der Waals surface area (Å²) in [6, 6.07) is 26.0. The number of nitrogens with zero attached hydrogens (tertiary/aromatic N) is 3. The number of hydrogen-bond donors (Lipinski definition) is 0. The second-order valence-corrected chi connectivity index (χ2v) is 9.97. The minimum atomic E-state index is -0.361. The molecule has 8 heteroatoms. The Balaban J connectivity index is 1.46. The normalized spacial score (nSPS) is 11.6. The lowest BCUT2D eigenvalue weighted by Gasteiger charge is -2.14. The first-order valence-corrected chi connectivity index (χ1v) is 12.6. The van der Waals surface area contributed by atoms with Crippen LogP contribution in [0.5, 0.6) is 0 Å². The molecule has 0 aliphatic rings. The van der Waals surface area contributed by atoms with E-state index in [1.165, 1.54) is 28.8 Å². The summed E-state index contributed by atoms with van der Waals surface area (Å²) < 4.78 is 7.41. The number of rotatable bonds is 4. The van der Waals surface area contributed by atoms with E-state index in [1.807, 2.05) is 54.6 Å². The molecule has 2 aromatic heterocycles. The van der Waals surface area contributed by atoms with Crippen LogP contribution in [0.3, 0.4) is 0 Å². The molecule has 0 fully saturated rings. The number of halogens is 1. The van der Waals surface area contributed by atoms with Crippen molar-refractivity contribution in [2.45, 2.75) is 0 Å². The summed E-state index contributed by atoms with van der Waals surface area (Å²) >= 11 is 4.82. The number of para-hydroxylation sites is 1. The molecule has 0 radical (unpaired) electrons. The molecule has 4 aromatic carbocycles. The van der Waals surface area contributed by atoms with Crippen molar-refractivity contribution in [2.24, 2.45) is 5.10 Å². The van der Waals surface area contributed by atoms with E-state index in [4.69, 9.17) is 4.42 Å².